The van der Waals surface area contributed by atoms with Crippen molar-refractivity contribution in [3.63, 3.8) is 0 Å². The summed E-state index contributed by atoms with van der Waals surface area (Å²) in [7, 11) is 0. The van der Waals surface area contributed by atoms with Crippen molar-refractivity contribution in [1.29, 1.82) is 0 Å². The number of aromatic hydroxyl groups is 1. The fourth-order valence-corrected chi connectivity index (χ4v) is 3.38. The Labute approximate surface area is 109 Å². The number of pyridine rings is 1. The molecule has 2 aromatic heterocycles. The van der Waals surface area contributed by atoms with Gasteiger partial charge < -0.3 is 10.1 Å². The van der Waals surface area contributed by atoms with Gasteiger partial charge in [-0.05, 0) is 39.9 Å². The Morgan fingerprint density at radius 3 is 2.82 bits per heavy atom. The van der Waals surface area contributed by atoms with Crippen LogP contribution < -0.4 is 5.56 Å². The molecule has 0 fully saturated rings. The highest BCUT2D eigenvalue weighted by Crippen LogP contribution is 2.37. The van der Waals surface area contributed by atoms with Crippen LogP contribution in [-0.2, 0) is 0 Å². The summed E-state index contributed by atoms with van der Waals surface area (Å²) in [6, 6.07) is 1.64. The molecule has 0 aliphatic carbocycles. The summed E-state index contributed by atoms with van der Waals surface area (Å²) in [5, 5.41) is 16.0. The van der Waals surface area contributed by atoms with Crippen LogP contribution in [0.2, 0.25) is 0 Å². The highest BCUT2D eigenvalue weighted by Gasteiger charge is 2.13. The fourth-order valence-electron chi connectivity index (χ4n) is 2.04. The summed E-state index contributed by atoms with van der Waals surface area (Å²) < 4.78 is 0.623. The number of fused-ring (bicyclic) bond motifs is 3. The summed E-state index contributed by atoms with van der Waals surface area (Å²) >= 11 is 4.86. The van der Waals surface area contributed by atoms with E-state index in [9.17, 15) is 9.90 Å². The zero-order valence-corrected chi connectivity index (χ0v) is 11.3. The van der Waals surface area contributed by atoms with Gasteiger partial charge in [-0.1, -0.05) is 0 Å². The van der Waals surface area contributed by atoms with E-state index in [0.717, 1.165) is 21.9 Å². The van der Waals surface area contributed by atoms with Crippen LogP contribution in [0, 0.1) is 6.92 Å². The first-order valence-electron chi connectivity index (χ1n) is 4.99. The Hall–Kier alpha value is -1.33. The van der Waals surface area contributed by atoms with Crippen molar-refractivity contribution in [3.8, 4) is 5.75 Å². The maximum atomic E-state index is 11.9. The van der Waals surface area contributed by atoms with Crippen molar-refractivity contribution in [3.05, 3.63) is 37.2 Å². The van der Waals surface area contributed by atoms with Gasteiger partial charge in [0.2, 0.25) is 0 Å². The average molecular weight is 310 g/mol. The van der Waals surface area contributed by atoms with Gasteiger partial charge in [0.15, 0.2) is 0 Å². The van der Waals surface area contributed by atoms with E-state index >= 15 is 0 Å². The molecule has 17 heavy (non-hydrogen) atoms. The number of aryl methyl sites for hydroxylation is 1. The minimum Gasteiger partial charge on any atom is -0.507 e. The number of rotatable bonds is 0. The van der Waals surface area contributed by atoms with Gasteiger partial charge in [-0.25, -0.2) is 0 Å². The van der Waals surface area contributed by atoms with Crippen LogP contribution in [0.1, 0.15) is 5.56 Å². The Kier molecular flexibility index (Phi) is 2.27. The van der Waals surface area contributed by atoms with Gasteiger partial charge in [0.1, 0.15) is 5.75 Å². The molecule has 0 unspecified atom stereocenters. The van der Waals surface area contributed by atoms with Crippen LogP contribution in [0.25, 0.3) is 21.7 Å². The lowest BCUT2D eigenvalue weighted by atomic mass is 10.1. The van der Waals surface area contributed by atoms with Gasteiger partial charge in [0, 0.05) is 16.2 Å². The van der Waals surface area contributed by atoms with E-state index in [-0.39, 0.29) is 11.3 Å². The van der Waals surface area contributed by atoms with Gasteiger partial charge in [-0.15, -0.1) is 0 Å². The predicted octanol–water partition coefficient (Wildman–Crippen LogP) is 3.52. The Morgan fingerprint density at radius 1 is 1.35 bits per heavy atom. The number of nitrogens with one attached hydrogen (secondary N) is 1. The summed E-state index contributed by atoms with van der Waals surface area (Å²) in [6.45, 7) is 1.86. The molecule has 1 aromatic carbocycles. The van der Waals surface area contributed by atoms with Crippen molar-refractivity contribution in [1.82, 2.24) is 4.98 Å². The van der Waals surface area contributed by atoms with Gasteiger partial charge >= 0.3 is 0 Å². The minimum absolute atomic E-state index is 0.0885. The van der Waals surface area contributed by atoms with Crippen molar-refractivity contribution in [2.45, 2.75) is 6.92 Å². The first-order chi connectivity index (χ1) is 8.09. The van der Waals surface area contributed by atoms with Crippen LogP contribution >= 0.6 is 27.3 Å². The van der Waals surface area contributed by atoms with E-state index in [2.05, 4.69) is 20.9 Å². The predicted molar refractivity (Wildman–Crippen MR) is 74.1 cm³/mol. The molecule has 3 nitrogen and oxygen atoms in total. The second-order valence-electron chi connectivity index (χ2n) is 3.93. The normalized spacial score (nSPS) is 11.4. The van der Waals surface area contributed by atoms with Crippen molar-refractivity contribution < 1.29 is 5.11 Å². The largest absolute Gasteiger partial charge is 0.507 e. The molecule has 0 amide bonds. The third-order valence-corrected chi connectivity index (χ3v) is 4.40. The molecule has 0 atom stereocenters. The Morgan fingerprint density at radius 2 is 2.06 bits per heavy atom. The van der Waals surface area contributed by atoms with Crippen LogP contribution in [0.4, 0.5) is 0 Å². The van der Waals surface area contributed by atoms with Crippen LogP contribution in [0.5, 0.6) is 5.75 Å². The Balaban J connectivity index is 2.74. The quantitative estimate of drug-likeness (QED) is 0.667. The molecule has 0 saturated heterocycles. The molecule has 3 aromatic rings. The van der Waals surface area contributed by atoms with Gasteiger partial charge in [0.25, 0.3) is 5.56 Å². The lowest BCUT2D eigenvalue weighted by Crippen LogP contribution is -2.05. The third kappa shape index (κ3) is 1.42. The van der Waals surface area contributed by atoms with Crippen LogP contribution in [0.15, 0.2) is 26.1 Å². The number of H-pyrrole nitrogens is 1. The minimum atomic E-state index is -0.0885. The highest BCUT2D eigenvalue weighted by molar-refractivity contribution is 9.10. The summed E-state index contributed by atoms with van der Waals surface area (Å²) in [4.78, 5) is 14.7. The molecule has 0 aliphatic heterocycles. The standard InChI is InChI=1S/C12H8BrNO2S/c1-5-2-8(15)10(13)9-6-3-17-4-7(6)12(16)14-11(5)9/h2-4,15H,1H3,(H,14,16). The molecular formula is C12H8BrNO2S. The zero-order valence-electron chi connectivity index (χ0n) is 8.87. The topological polar surface area (TPSA) is 53.1 Å². The highest BCUT2D eigenvalue weighted by atomic mass is 79.9. The summed E-state index contributed by atoms with van der Waals surface area (Å²) in [6.07, 6.45) is 0. The number of hydrogen-bond donors (Lipinski definition) is 2. The Bertz CT molecular complexity index is 803. The molecule has 2 heterocycles. The first-order valence-corrected chi connectivity index (χ1v) is 6.73. The van der Waals surface area contributed by atoms with Crippen LogP contribution in [0.3, 0.4) is 0 Å². The van der Waals surface area contributed by atoms with Crippen LogP contribution in [-0.4, -0.2) is 10.1 Å². The summed E-state index contributed by atoms with van der Waals surface area (Å²) in [5.41, 5.74) is 1.53. The number of phenolic OH excluding ortho intramolecular Hbond substituents is 1. The first kappa shape index (κ1) is 10.8. The fraction of sp³-hybridized carbons (Fsp3) is 0.0833. The van der Waals surface area contributed by atoms with E-state index in [4.69, 9.17) is 0 Å². The SMILES string of the molecule is Cc1cc(O)c(Br)c2c1[nH]c(=O)c1cscc12. The molecule has 0 aliphatic rings. The zero-order chi connectivity index (χ0) is 12.2. The monoisotopic (exact) mass is 309 g/mol. The molecule has 5 heteroatoms. The summed E-state index contributed by atoms with van der Waals surface area (Å²) in [5.74, 6) is 0.189. The number of hydrogen-bond acceptors (Lipinski definition) is 3. The molecule has 86 valence electrons. The van der Waals surface area contributed by atoms with Crippen molar-refractivity contribution in [2.24, 2.45) is 0 Å². The maximum Gasteiger partial charge on any atom is 0.257 e. The number of halogens is 1. The van der Waals surface area contributed by atoms with Gasteiger partial charge in [-0.3, -0.25) is 4.79 Å². The van der Waals surface area contributed by atoms with Gasteiger partial charge in [0.05, 0.1) is 15.4 Å². The molecule has 2 N–H and O–H groups in total. The van der Waals surface area contributed by atoms with Crippen molar-refractivity contribution >= 4 is 48.9 Å². The molecule has 0 bridgehead atoms. The third-order valence-electron chi connectivity index (χ3n) is 2.86. The van der Waals surface area contributed by atoms with Crippen molar-refractivity contribution in [2.75, 3.05) is 0 Å². The van der Waals surface area contributed by atoms with E-state index < -0.39 is 0 Å². The molecular weight excluding hydrogens is 302 g/mol. The van der Waals surface area contributed by atoms with E-state index in [1.54, 1.807) is 6.07 Å². The molecule has 0 saturated carbocycles. The van der Waals surface area contributed by atoms with E-state index in [1.807, 2.05) is 17.7 Å². The molecule has 3 rings (SSSR count). The average Bonchev–Trinajstić information content (AvgIpc) is 2.75. The maximum absolute atomic E-state index is 11.9. The number of aromatic amines is 1. The lowest BCUT2D eigenvalue weighted by Gasteiger charge is -2.07. The smallest absolute Gasteiger partial charge is 0.257 e. The number of aromatic nitrogens is 1. The van der Waals surface area contributed by atoms with E-state index in [0.29, 0.717) is 9.86 Å². The number of benzene rings is 1. The van der Waals surface area contributed by atoms with Gasteiger partial charge in [-0.2, -0.15) is 11.3 Å². The van der Waals surface area contributed by atoms with E-state index in [1.165, 1.54) is 11.3 Å². The number of thiophene rings is 1. The number of phenols is 1. The molecule has 0 spiro atoms. The lowest BCUT2D eigenvalue weighted by molar-refractivity contribution is 0.472. The molecule has 0 radical (unpaired) electrons. The second-order valence-corrected chi connectivity index (χ2v) is 5.47. The second kappa shape index (κ2) is 3.58.